The largest absolute Gasteiger partial charge is 0.493 e. The molecule has 0 fully saturated rings. The maximum Gasteiger partial charge on any atom is 0.254 e. The molecule has 0 aliphatic heterocycles. The van der Waals surface area contributed by atoms with Crippen molar-refractivity contribution < 1.29 is 14.3 Å². The Labute approximate surface area is 211 Å². The van der Waals surface area contributed by atoms with Gasteiger partial charge in [0, 0.05) is 29.6 Å². The van der Waals surface area contributed by atoms with Crippen LogP contribution in [0.3, 0.4) is 0 Å². The second-order valence-electron chi connectivity index (χ2n) is 8.68. The van der Waals surface area contributed by atoms with Crippen molar-refractivity contribution in [3.8, 4) is 11.5 Å². The lowest BCUT2D eigenvalue weighted by Gasteiger charge is -2.25. The average molecular weight is 489 g/mol. The van der Waals surface area contributed by atoms with Crippen LogP contribution in [0.2, 0.25) is 5.15 Å². The molecule has 1 aromatic heterocycles. The number of carbonyl (C=O) groups excluding carboxylic acids is 1. The third-order valence-corrected chi connectivity index (χ3v) is 6.71. The zero-order valence-corrected chi connectivity index (χ0v) is 21.4. The van der Waals surface area contributed by atoms with Gasteiger partial charge in [0.2, 0.25) is 0 Å². The van der Waals surface area contributed by atoms with Crippen molar-refractivity contribution in [2.45, 2.75) is 33.9 Å². The summed E-state index contributed by atoms with van der Waals surface area (Å²) in [6, 6.07) is 19.4. The van der Waals surface area contributed by atoms with Gasteiger partial charge in [0.05, 0.1) is 19.7 Å². The summed E-state index contributed by atoms with van der Waals surface area (Å²) in [6.45, 7) is 6.73. The van der Waals surface area contributed by atoms with Crippen LogP contribution in [0.4, 0.5) is 0 Å². The number of hydrogen-bond acceptors (Lipinski definition) is 4. The summed E-state index contributed by atoms with van der Waals surface area (Å²) < 4.78 is 10.8. The van der Waals surface area contributed by atoms with E-state index in [1.54, 1.807) is 19.1 Å². The van der Waals surface area contributed by atoms with E-state index in [1.807, 2.05) is 68.4 Å². The molecule has 5 nitrogen and oxygen atoms in total. The van der Waals surface area contributed by atoms with Gasteiger partial charge in [-0.2, -0.15) is 0 Å². The van der Waals surface area contributed by atoms with Crippen LogP contribution in [0.1, 0.15) is 38.2 Å². The van der Waals surface area contributed by atoms with E-state index in [4.69, 9.17) is 21.1 Å². The first-order chi connectivity index (χ1) is 16.8. The minimum Gasteiger partial charge on any atom is -0.493 e. The zero-order chi connectivity index (χ0) is 25.1. The highest BCUT2D eigenvalue weighted by Gasteiger charge is 2.21. The van der Waals surface area contributed by atoms with Crippen LogP contribution in [-0.4, -0.2) is 30.0 Å². The van der Waals surface area contributed by atoms with Crippen LogP contribution in [0, 0.1) is 20.8 Å². The first kappa shape index (κ1) is 24.6. The lowest BCUT2D eigenvalue weighted by molar-refractivity contribution is 0.0729. The second kappa shape index (κ2) is 10.4. The smallest absolute Gasteiger partial charge is 0.254 e. The van der Waals surface area contributed by atoms with E-state index in [1.165, 1.54) is 5.56 Å². The lowest BCUT2D eigenvalue weighted by atomic mass is 10.0. The molecule has 4 aromatic rings. The number of benzene rings is 3. The van der Waals surface area contributed by atoms with Crippen molar-refractivity contribution in [2.75, 3.05) is 14.2 Å². The molecule has 4 rings (SSSR count). The summed E-state index contributed by atoms with van der Waals surface area (Å²) in [4.78, 5) is 20.2. The topological polar surface area (TPSA) is 51.7 Å². The number of nitrogens with zero attached hydrogens (tertiary/aromatic N) is 2. The number of aryl methyl sites for hydroxylation is 3. The zero-order valence-electron chi connectivity index (χ0n) is 20.7. The van der Waals surface area contributed by atoms with Gasteiger partial charge in [-0.1, -0.05) is 48.0 Å². The fourth-order valence-electron chi connectivity index (χ4n) is 4.20. The van der Waals surface area contributed by atoms with Gasteiger partial charge in [-0.3, -0.25) is 4.79 Å². The van der Waals surface area contributed by atoms with Crippen molar-refractivity contribution in [3.05, 3.63) is 99.2 Å². The normalized spacial score (nSPS) is 10.9. The van der Waals surface area contributed by atoms with E-state index >= 15 is 0 Å². The number of fused-ring (bicyclic) bond motifs is 1. The molecule has 0 unspecified atom stereocenters. The van der Waals surface area contributed by atoms with E-state index in [2.05, 4.69) is 18.0 Å². The van der Waals surface area contributed by atoms with Gasteiger partial charge in [0.1, 0.15) is 5.15 Å². The first-order valence-electron chi connectivity index (χ1n) is 11.4. The molecule has 0 saturated heterocycles. The third kappa shape index (κ3) is 5.10. The predicted octanol–water partition coefficient (Wildman–Crippen LogP) is 6.67. The third-order valence-electron chi connectivity index (χ3n) is 6.38. The molecule has 0 radical (unpaired) electrons. The van der Waals surface area contributed by atoms with Crippen LogP contribution in [0.25, 0.3) is 10.9 Å². The molecular formula is C29H29ClN2O3. The van der Waals surface area contributed by atoms with Crippen molar-refractivity contribution >= 4 is 28.4 Å². The highest BCUT2D eigenvalue weighted by atomic mass is 35.5. The fraction of sp³-hybridized carbons (Fsp3) is 0.241. The SMILES string of the molecule is COc1ccc(CN(Cc2cc3ccc(C)c(C)c3nc2Cl)C(=O)c2ccccc2C)cc1OC. The quantitative estimate of drug-likeness (QED) is 0.272. The standard InChI is InChI=1S/C29H29ClN2O3/c1-18-10-12-22-15-23(28(30)31-27(22)20(18)3)17-32(29(33)24-9-7-6-8-19(24)2)16-21-11-13-25(34-4)26(14-21)35-5/h6-15H,16-17H2,1-5H3. The molecule has 3 aromatic carbocycles. The summed E-state index contributed by atoms with van der Waals surface area (Å²) >= 11 is 6.66. The Bertz CT molecular complexity index is 1400. The van der Waals surface area contributed by atoms with Crippen LogP contribution < -0.4 is 9.47 Å². The van der Waals surface area contributed by atoms with Crippen molar-refractivity contribution in [1.82, 2.24) is 9.88 Å². The summed E-state index contributed by atoms with van der Waals surface area (Å²) in [5.41, 5.74) is 6.45. The van der Waals surface area contributed by atoms with Crippen LogP contribution >= 0.6 is 11.6 Å². The molecule has 0 saturated carbocycles. The number of pyridine rings is 1. The summed E-state index contributed by atoms with van der Waals surface area (Å²) in [5, 5.41) is 1.41. The minimum atomic E-state index is -0.0749. The predicted molar refractivity (Wildman–Crippen MR) is 141 cm³/mol. The molecule has 0 spiro atoms. The number of aromatic nitrogens is 1. The molecule has 0 atom stereocenters. The molecule has 0 aliphatic rings. The average Bonchev–Trinajstić information content (AvgIpc) is 2.86. The van der Waals surface area contributed by atoms with E-state index < -0.39 is 0 Å². The maximum atomic E-state index is 13.7. The Morgan fingerprint density at radius 2 is 1.63 bits per heavy atom. The van der Waals surface area contributed by atoms with Crippen molar-refractivity contribution in [1.29, 1.82) is 0 Å². The summed E-state index contributed by atoms with van der Waals surface area (Å²) in [5.74, 6) is 1.18. The van der Waals surface area contributed by atoms with E-state index in [-0.39, 0.29) is 5.91 Å². The number of carbonyl (C=O) groups is 1. The minimum absolute atomic E-state index is 0.0749. The Balaban J connectivity index is 1.75. The maximum absolute atomic E-state index is 13.7. The molecular weight excluding hydrogens is 460 g/mol. The number of rotatable bonds is 7. The highest BCUT2D eigenvalue weighted by molar-refractivity contribution is 6.30. The van der Waals surface area contributed by atoms with Crippen LogP contribution in [0.5, 0.6) is 11.5 Å². The monoisotopic (exact) mass is 488 g/mol. The Morgan fingerprint density at radius 1 is 0.886 bits per heavy atom. The highest BCUT2D eigenvalue weighted by Crippen LogP contribution is 2.30. The number of halogens is 1. The Hall–Kier alpha value is -3.57. The molecule has 180 valence electrons. The van der Waals surface area contributed by atoms with Crippen LogP contribution in [0.15, 0.2) is 60.7 Å². The van der Waals surface area contributed by atoms with Gasteiger partial charge in [-0.25, -0.2) is 4.98 Å². The van der Waals surface area contributed by atoms with E-state index in [9.17, 15) is 4.79 Å². The molecule has 0 N–H and O–H groups in total. The van der Waals surface area contributed by atoms with Gasteiger partial charge in [-0.15, -0.1) is 0 Å². The molecule has 1 heterocycles. The fourth-order valence-corrected chi connectivity index (χ4v) is 4.40. The number of hydrogen-bond donors (Lipinski definition) is 0. The van der Waals surface area contributed by atoms with Crippen molar-refractivity contribution in [3.63, 3.8) is 0 Å². The molecule has 0 aliphatic carbocycles. The summed E-state index contributed by atoms with van der Waals surface area (Å²) in [7, 11) is 3.20. The lowest BCUT2D eigenvalue weighted by Crippen LogP contribution is -2.31. The number of methoxy groups -OCH3 is 2. The molecule has 0 bridgehead atoms. The number of ether oxygens (including phenoxy) is 2. The van der Waals surface area contributed by atoms with Gasteiger partial charge in [0.25, 0.3) is 5.91 Å². The summed E-state index contributed by atoms with van der Waals surface area (Å²) in [6.07, 6.45) is 0. The second-order valence-corrected chi connectivity index (χ2v) is 9.04. The van der Waals surface area contributed by atoms with E-state index in [0.29, 0.717) is 35.3 Å². The van der Waals surface area contributed by atoms with Crippen LogP contribution in [-0.2, 0) is 13.1 Å². The number of amides is 1. The van der Waals surface area contributed by atoms with Gasteiger partial charge in [0.15, 0.2) is 11.5 Å². The van der Waals surface area contributed by atoms with Gasteiger partial charge in [-0.05, 0) is 67.3 Å². The first-order valence-corrected chi connectivity index (χ1v) is 11.8. The Morgan fingerprint density at radius 3 is 2.34 bits per heavy atom. The molecule has 1 amide bonds. The van der Waals surface area contributed by atoms with E-state index in [0.717, 1.165) is 33.2 Å². The van der Waals surface area contributed by atoms with Gasteiger partial charge < -0.3 is 14.4 Å². The van der Waals surface area contributed by atoms with Crippen molar-refractivity contribution in [2.24, 2.45) is 0 Å². The molecule has 6 heteroatoms. The molecule has 35 heavy (non-hydrogen) atoms. The van der Waals surface area contributed by atoms with Gasteiger partial charge >= 0.3 is 0 Å². The Kier molecular flexibility index (Phi) is 7.27.